The smallest absolute Gasteiger partial charge is 0.104 e. The summed E-state index contributed by atoms with van der Waals surface area (Å²) in [4.78, 5) is 0.502. The van der Waals surface area contributed by atoms with Gasteiger partial charge in [-0.15, -0.1) is 0 Å². The molecule has 0 heterocycles. The van der Waals surface area contributed by atoms with E-state index < -0.39 is 0 Å². The van der Waals surface area contributed by atoms with Gasteiger partial charge in [0.2, 0.25) is 0 Å². The van der Waals surface area contributed by atoms with Gasteiger partial charge < -0.3 is 5.73 Å². The fraction of sp³-hybridized carbons (Fsp3) is 0.364. The molecule has 2 heteroatoms. The van der Waals surface area contributed by atoms with Crippen LogP contribution in [0.2, 0.25) is 0 Å². The number of hydrogen-bond acceptors (Lipinski definition) is 1. The number of thiocarbonyl (C=S) groups is 1. The van der Waals surface area contributed by atoms with Gasteiger partial charge in [-0.2, -0.15) is 0 Å². The van der Waals surface area contributed by atoms with Crippen LogP contribution in [0.4, 0.5) is 0 Å². The summed E-state index contributed by atoms with van der Waals surface area (Å²) in [6, 6.07) is 6.18. The Morgan fingerprint density at radius 1 is 1.38 bits per heavy atom. The van der Waals surface area contributed by atoms with Crippen molar-refractivity contribution in [2.45, 2.75) is 26.7 Å². The minimum Gasteiger partial charge on any atom is -0.389 e. The molecule has 0 aliphatic carbocycles. The van der Waals surface area contributed by atoms with Crippen LogP contribution in [0.15, 0.2) is 18.2 Å². The summed E-state index contributed by atoms with van der Waals surface area (Å²) in [5, 5.41) is 0. The Morgan fingerprint density at radius 3 is 2.38 bits per heavy atom. The molecule has 0 atom stereocenters. The zero-order valence-corrected chi connectivity index (χ0v) is 9.11. The van der Waals surface area contributed by atoms with Gasteiger partial charge in [-0.3, -0.25) is 0 Å². The molecule has 0 bridgehead atoms. The van der Waals surface area contributed by atoms with Crippen molar-refractivity contribution in [2.75, 3.05) is 0 Å². The molecule has 0 saturated carbocycles. The Labute approximate surface area is 85.0 Å². The van der Waals surface area contributed by atoms with Crippen LogP contribution < -0.4 is 5.73 Å². The first-order chi connectivity index (χ1) is 6.04. The van der Waals surface area contributed by atoms with E-state index in [-0.39, 0.29) is 0 Å². The largest absolute Gasteiger partial charge is 0.389 e. The maximum Gasteiger partial charge on any atom is 0.104 e. The maximum absolute atomic E-state index is 5.68. The van der Waals surface area contributed by atoms with Crippen molar-refractivity contribution in [1.82, 2.24) is 0 Å². The quantitative estimate of drug-likeness (QED) is 0.731. The predicted molar refractivity (Wildman–Crippen MR) is 61.2 cm³/mol. The van der Waals surface area contributed by atoms with Crippen LogP contribution in [0.1, 0.15) is 36.5 Å². The van der Waals surface area contributed by atoms with E-state index in [1.165, 1.54) is 11.1 Å². The van der Waals surface area contributed by atoms with Gasteiger partial charge in [-0.05, 0) is 24.0 Å². The first-order valence-corrected chi connectivity index (χ1v) is 4.84. The third kappa shape index (κ3) is 2.07. The summed E-state index contributed by atoms with van der Waals surface area (Å²) >= 11 is 5.03. The number of rotatable bonds is 2. The van der Waals surface area contributed by atoms with E-state index >= 15 is 0 Å². The lowest BCUT2D eigenvalue weighted by Crippen LogP contribution is -2.14. The summed E-state index contributed by atoms with van der Waals surface area (Å²) < 4.78 is 0. The van der Waals surface area contributed by atoms with Gasteiger partial charge >= 0.3 is 0 Å². The monoisotopic (exact) mass is 193 g/mol. The first-order valence-electron chi connectivity index (χ1n) is 4.43. The molecule has 1 rings (SSSR count). The van der Waals surface area contributed by atoms with Crippen LogP contribution in [-0.4, -0.2) is 4.99 Å². The van der Waals surface area contributed by atoms with Crippen molar-refractivity contribution < 1.29 is 0 Å². The van der Waals surface area contributed by atoms with Crippen molar-refractivity contribution in [2.24, 2.45) is 5.73 Å². The van der Waals surface area contributed by atoms with Crippen LogP contribution in [0, 0.1) is 6.92 Å². The molecule has 0 aliphatic heterocycles. The summed E-state index contributed by atoms with van der Waals surface area (Å²) in [6.07, 6.45) is 0. The highest BCUT2D eigenvalue weighted by Gasteiger charge is 2.10. The zero-order valence-electron chi connectivity index (χ0n) is 8.29. The molecule has 1 aromatic carbocycles. The van der Waals surface area contributed by atoms with Gasteiger partial charge in [0, 0.05) is 5.56 Å². The molecule has 1 nitrogen and oxygen atoms in total. The highest BCUT2D eigenvalue weighted by molar-refractivity contribution is 7.80. The van der Waals surface area contributed by atoms with Gasteiger partial charge in [0.05, 0.1) is 0 Å². The van der Waals surface area contributed by atoms with Crippen LogP contribution in [0.3, 0.4) is 0 Å². The molecular formula is C11H15NS. The number of hydrogen-bond donors (Lipinski definition) is 1. The highest BCUT2D eigenvalue weighted by Crippen LogP contribution is 2.21. The summed E-state index contributed by atoms with van der Waals surface area (Å²) in [6.45, 7) is 6.34. The fourth-order valence-corrected chi connectivity index (χ4v) is 1.79. The molecule has 13 heavy (non-hydrogen) atoms. The van der Waals surface area contributed by atoms with E-state index in [0.29, 0.717) is 10.9 Å². The average molecular weight is 193 g/mol. The first kappa shape index (κ1) is 10.2. The van der Waals surface area contributed by atoms with Crippen LogP contribution in [0.25, 0.3) is 0 Å². The van der Waals surface area contributed by atoms with Gasteiger partial charge in [0.1, 0.15) is 4.99 Å². The lowest BCUT2D eigenvalue weighted by molar-refractivity contribution is 0.862. The van der Waals surface area contributed by atoms with Crippen molar-refractivity contribution in [3.05, 3.63) is 34.9 Å². The lowest BCUT2D eigenvalue weighted by Gasteiger charge is -2.13. The van der Waals surface area contributed by atoms with Crippen molar-refractivity contribution in [1.29, 1.82) is 0 Å². The average Bonchev–Trinajstić information content (AvgIpc) is 2.02. The van der Waals surface area contributed by atoms with Crippen LogP contribution in [-0.2, 0) is 0 Å². The molecule has 0 fully saturated rings. The molecule has 0 radical (unpaired) electrons. The Balaban J connectivity index is 3.34. The lowest BCUT2D eigenvalue weighted by atomic mass is 9.94. The molecule has 1 aromatic rings. The van der Waals surface area contributed by atoms with E-state index in [9.17, 15) is 0 Å². The van der Waals surface area contributed by atoms with Crippen LogP contribution >= 0.6 is 12.2 Å². The summed E-state index contributed by atoms with van der Waals surface area (Å²) in [5.41, 5.74) is 9.14. The SMILES string of the molecule is Cc1cccc(C(C)C)c1C(N)=S. The second-order valence-corrected chi connectivity index (χ2v) is 4.00. The third-order valence-electron chi connectivity index (χ3n) is 2.17. The molecule has 0 saturated heterocycles. The predicted octanol–water partition coefficient (Wildman–Crippen LogP) is 2.75. The Kier molecular flexibility index (Phi) is 3.04. The second kappa shape index (κ2) is 3.88. The zero-order chi connectivity index (χ0) is 10.0. The molecule has 0 spiro atoms. The molecule has 0 aromatic heterocycles. The minimum atomic E-state index is 0.469. The van der Waals surface area contributed by atoms with Crippen molar-refractivity contribution in [3.8, 4) is 0 Å². The topological polar surface area (TPSA) is 26.0 Å². The minimum absolute atomic E-state index is 0.469. The maximum atomic E-state index is 5.68. The summed E-state index contributed by atoms with van der Waals surface area (Å²) in [7, 11) is 0. The molecule has 70 valence electrons. The molecule has 2 N–H and O–H groups in total. The van der Waals surface area contributed by atoms with Crippen molar-refractivity contribution >= 4 is 17.2 Å². The van der Waals surface area contributed by atoms with E-state index in [0.717, 1.165) is 5.56 Å². The number of benzene rings is 1. The molecule has 0 unspecified atom stereocenters. The van der Waals surface area contributed by atoms with Gasteiger partial charge in [0.25, 0.3) is 0 Å². The Bertz CT molecular complexity index is 329. The van der Waals surface area contributed by atoms with E-state index in [4.69, 9.17) is 18.0 Å². The highest BCUT2D eigenvalue weighted by atomic mass is 32.1. The van der Waals surface area contributed by atoms with Crippen LogP contribution in [0.5, 0.6) is 0 Å². The Morgan fingerprint density at radius 2 is 2.00 bits per heavy atom. The fourth-order valence-electron chi connectivity index (χ4n) is 1.51. The van der Waals surface area contributed by atoms with Gasteiger partial charge in [0.15, 0.2) is 0 Å². The normalized spacial score (nSPS) is 10.5. The number of aryl methyl sites for hydroxylation is 1. The Hall–Kier alpha value is -0.890. The molecule has 0 aliphatic rings. The van der Waals surface area contributed by atoms with E-state index in [2.05, 4.69) is 19.9 Å². The molecular weight excluding hydrogens is 178 g/mol. The van der Waals surface area contributed by atoms with Crippen molar-refractivity contribution in [3.63, 3.8) is 0 Å². The molecule has 0 amide bonds. The third-order valence-corrected chi connectivity index (χ3v) is 2.38. The summed E-state index contributed by atoms with van der Waals surface area (Å²) in [5.74, 6) is 0.469. The van der Waals surface area contributed by atoms with E-state index in [1.54, 1.807) is 0 Å². The standard InChI is InChI=1S/C11H15NS/c1-7(2)9-6-4-5-8(3)10(9)11(12)13/h4-7H,1-3H3,(H2,12,13). The van der Waals surface area contributed by atoms with Gasteiger partial charge in [-0.1, -0.05) is 44.3 Å². The van der Waals surface area contributed by atoms with Gasteiger partial charge in [-0.25, -0.2) is 0 Å². The second-order valence-electron chi connectivity index (χ2n) is 3.56. The number of nitrogens with two attached hydrogens (primary N) is 1. The van der Waals surface area contributed by atoms with E-state index in [1.807, 2.05) is 19.1 Å².